The van der Waals surface area contributed by atoms with Crippen molar-refractivity contribution in [2.24, 2.45) is 0 Å². The Hall–Kier alpha value is -2.99. The minimum Gasteiger partial charge on any atom is -0.325 e. The predicted octanol–water partition coefficient (Wildman–Crippen LogP) is 3.94. The summed E-state index contributed by atoms with van der Waals surface area (Å²) < 4.78 is 1.01. The number of fused-ring (bicyclic) bond motifs is 3. The number of carbonyl (C=O) groups is 1. The number of nitrogens with zero attached hydrogens (tertiary/aromatic N) is 1. The summed E-state index contributed by atoms with van der Waals surface area (Å²) in [5.41, 5.74) is 2.70. The number of benzene rings is 2. The summed E-state index contributed by atoms with van der Waals surface area (Å²) in [4.78, 5) is 32.8. The van der Waals surface area contributed by atoms with Crippen LogP contribution in [0.3, 0.4) is 0 Å². The molecule has 0 aliphatic heterocycles. The molecule has 6 heteroatoms. The summed E-state index contributed by atoms with van der Waals surface area (Å²) in [6.45, 7) is 3.96. The Morgan fingerprint density at radius 2 is 2.00 bits per heavy atom. The van der Waals surface area contributed by atoms with Gasteiger partial charge in [0.25, 0.3) is 5.56 Å². The molecule has 2 heterocycles. The SMILES string of the molecule is Cc1ccc(NC(=O)Cc2nc3sc4ccccc4c3c(=O)[nH]2)c(C)c1. The van der Waals surface area contributed by atoms with Gasteiger partial charge < -0.3 is 10.3 Å². The summed E-state index contributed by atoms with van der Waals surface area (Å²) in [5.74, 6) is 0.164. The van der Waals surface area contributed by atoms with Gasteiger partial charge in [0, 0.05) is 15.8 Å². The van der Waals surface area contributed by atoms with Crippen LogP contribution >= 0.6 is 11.3 Å². The van der Waals surface area contributed by atoms with Gasteiger partial charge in [-0.3, -0.25) is 9.59 Å². The number of anilines is 1. The molecule has 4 rings (SSSR count). The molecule has 0 atom stereocenters. The Morgan fingerprint density at radius 3 is 2.81 bits per heavy atom. The molecule has 0 radical (unpaired) electrons. The van der Waals surface area contributed by atoms with E-state index in [1.807, 2.05) is 56.3 Å². The highest BCUT2D eigenvalue weighted by molar-refractivity contribution is 7.25. The van der Waals surface area contributed by atoms with E-state index >= 15 is 0 Å². The summed E-state index contributed by atoms with van der Waals surface area (Å²) in [6, 6.07) is 13.6. The Kier molecular flexibility index (Phi) is 4.05. The van der Waals surface area contributed by atoms with Crippen LogP contribution in [0.25, 0.3) is 20.3 Å². The van der Waals surface area contributed by atoms with Crippen LogP contribution in [0.5, 0.6) is 0 Å². The number of hydrogen-bond acceptors (Lipinski definition) is 4. The van der Waals surface area contributed by atoms with Crippen LogP contribution < -0.4 is 10.9 Å². The molecule has 2 aromatic heterocycles. The second kappa shape index (κ2) is 6.38. The number of hydrogen-bond donors (Lipinski definition) is 2. The standard InChI is InChI=1S/C20H17N3O2S/c1-11-7-8-14(12(2)9-11)21-17(24)10-16-22-19(25)18-13-5-3-4-6-15(13)26-20(18)23-16/h3-9H,10H2,1-2H3,(H,21,24)(H,22,23,25). The van der Waals surface area contributed by atoms with Gasteiger partial charge in [-0.1, -0.05) is 35.9 Å². The third-order valence-electron chi connectivity index (χ3n) is 4.28. The highest BCUT2D eigenvalue weighted by Gasteiger charge is 2.13. The van der Waals surface area contributed by atoms with Gasteiger partial charge in [-0.25, -0.2) is 4.98 Å². The smallest absolute Gasteiger partial charge is 0.260 e. The number of aromatic amines is 1. The number of aryl methyl sites for hydroxylation is 2. The van der Waals surface area contributed by atoms with Crippen molar-refractivity contribution in [3.05, 3.63) is 69.8 Å². The molecule has 0 saturated carbocycles. The molecular weight excluding hydrogens is 346 g/mol. The van der Waals surface area contributed by atoms with Gasteiger partial charge in [-0.2, -0.15) is 0 Å². The average Bonchev–Trinajstić information content (AvgIpc) is 2.96. The lowest BCUT2D eigenvalue weighted by atomic mass is 10.1. The van der Waals surface area contributed by atoms with Crippen molar-refractivity contribution in [1.82, 2.24) is 9.97 Å². The quantitative estimate of drug-likeness (QED) is 0.579. The maximum absolute atomic E-state index is 12.5. The molecule has 1 amide bonds. The van der Waals surface area contributed by atoms with E-state index in [2.05, 4.69) is 15.3 Å². The fourth-order valence-corrected chi connectivity index (χ4v) is 4.15. The van der Waals surface area contributed by atoms with Crippen LogP contribution in [0.1, 0.15) is 17.0 Å². The molecule has 4 aromatic rings. The second-order valence-electron chi connectivity index (χ2n) is 6.33. The summed E-state index contributed by atoms with van der Waals surface area (Å²) in [7, 11) is 0. The average molecular weight is 363 g/mol. The lowest BCUT2D eigenvalue weighted by molar-refractivity contribution is -0.115. The highest BCUT2D eigenvalue weighted by atomic mass is 32.1. The number of nitrogens with one attached hydrogen (secondary N) is 2. The van der Waals surface area contributed by atoms with Crippen LogP contribution in [0.4, 0.5) is 5.69 Å². The number of H-pyrrole nitrogens is 1. The van der Waals surface area contributed by atoms with E-state index in [0.717, 1.165) is 26.9 Å². The first-order valence-electron chi connectivity index (χ1n) is 8.29. The number of aromatic nitrogens is 2. The molecule has 0 aliphatic carbocycles. The molecule has 0 saturated heterocycles. The van der Waals surface area contributed by atoms with E-state index in [-0.39, 0.29) is 17.9 Å². The molecule has 26 heavy (non-hydrogen) atoms. The van der Waals surface area contributed by atoms with Crippen molar-refractivity contribution in [1.29, 1.82) is 0 Å². The predicted molar refractivity (Wildman–Crippen MR) is 106 cm³/mol. The zero-order valence-corrected chi connectivity index (χ0v) is 15.2. The first kappa shape index (κ1) is 16.5. The molecule has 2 aromatic carbocycles. The minimum atomic E-state index is -0.208. The Morgan fingerprint density at radius 1 is 1.19 bits per heavy atom. The van der Waals surface area contributed by atoms with Crippen molar-refractivity contribution >= 4 is 43.2 Å². The molecule has 0 bridgehead atoms. The summed E-state index contributed by atoms with van der Waals surface area (Å²) in [6.07, 6.45) is 0.0206. The molecule has 0 spiro atoms. The first-order chi connectivity index (χ1) is 12.5. The molecule has 0 fully saturated rings. The Labute approximate surface area is 153 Å². The lowest BCUT2D eigenvalue weighted by Gasteiger charge is -2.09. The largest absolute Gasteiger partial charge is 0.325 e. The maximum atomic E-state index is 12.5. The van der Waals surface area contributed by atoms with E-state index in [1.165, 1.54) is 11.3 Å². The second-order valence-corrected chi connectivity index (χ2v) is 7.36. The van der Waals surface area contributed by atoms with Crippen LogP contribution in [0, 0.1) is 13.8 Å². The van der Waals surface area contributed by atoms with Crippen LogP contribution in [-0.2, 0) is 11.2 Å². The van der Waals surface area contributed by atoms with E-state index in [1.54, 1.807) is 0 Å². The van der Waals surface area contributed by atoms with Crippen molar-refractivity contribution in [3.8, 4) is 0 Å². The van der Waals surface area contributed by atoms with Gasteiger partial charge in [-0.05, 0) is 31.5 Å². The van der Waals surface area contributed by atoms with Crippen molar-refractivity contribution in [2.75, 3.05) is 5.32 Å². The highest BCUT2D eigenvalue weighted by Crippen LogP contribution is 2.29. The van der Waals surface area contributed by atoms with E-state index in [0.29, 0.717) is 16.0 Å². The normalized spacial score (nSPS) is 11.2. The maximum Gasteiger partial charge on any atom is 0.260 e. The molecule has 0 aliphatic rings. The van der Waals surface area contributed by atoms with Gasteiger partial charge >= 0.3 is 0 Å². The third-order valence-corrected chi connectivity index (χ3v) is 5.35. The summed E-state index contributed by atoms with van der Waals surface area (Å²) >= 11 is 1.46. The fourth-order valence-electron chi connectivity index (χ4n) is 3.06. The first-order valence-corrected chi connectivity index (χ1v) is 9.10. The number of amides is 1. The van der Waals surface area contributed by atoms with E-state index in [9.17, 15) is 9.59 Å². The fraction of sp³-hybridized carbons (Fsp3) is 0.150. The van der Waals surface area contributed by atoms with E-state index in [4.69, 9.17) is 0 Å². The van der Waals surface area contributed by atoms with Crippen LogP contribution in [0.15, 0.2) is 47.3 Å². The Balaban J connectivity index is 1.63. The monoisotopic (exact) mass is 363 g/mol. The van der Waals surface area contributed by atoms with Crippen molar-refractivity contribution in [2.45, 2.75) is 20.3 Å². The van der Waals surface area contributed by atoms with Gasteiger partial charge in [0.05, 0.1) is 11.8 Å². The molecule has 2 N–H and O–H groups in total. The zero-order chi connectivity index (χ0) is 18.3. The number of rotatable bonds is 3. The van der Waals surface area contributed by atoms with Gasteiger partial charge in [0.2, 0.25) is 5.91 Å². The molecule has 130 valence electrons. The zero-order valence-electron chi connectivity index (χ0n) is 14.4. The van der Waals surface area contributed by atoms with Crippen LogP contribution in [-0.4, -0.2) is 15.9 Å². The molecular formula is C20H17N3O2S. The summed E-state index contributed by atoms with van der Waals surface area (Å²) in [5, 5.41) is 4.37. The van der Waals surface area contributed by atoms with Gasteiger partial charge in [0.1, 0.15) is 10.7 Å². The third kappa shape index (κ3) is 2.99. The van der Waals surface area contributed by atoms with Crippen molar-refractivity contribution < 1.29 is 4.79 Å². The van der Waals surface area contributed by atoms with Gasteiger partial charge in [0.15, 0.2) is 0 Å². The van der Waals surface area contributed by atoms with Gasteiger partial charge in [-0.15, -0.1) is 11.3 Å². The van der Waals surface area contributed by atoms with Crippen LogP contribution in [0.2, 0.25) is 0 Å². The molecule has 5 nitrogen and oxygen atoms in total. The van der Waals surface area contributed by atoms with E-state index < -0.39 is 0 Å². The topological polar surface area (TPSA) is 74.8 Å². The lowest BCUT2D eigenvalue weighted by Crippen LogP contribution is -2.19. The van der Waals surface area contributed by atoms with Crippen molar-refractivity contribution in [3.63, 3.8) is 0 Å². The molecule has 0 unspecified atom stereocenters. The number of carbonyl (C=O) groups excluding carboxylic acids is 1. The Bertz CT molecular complexity index is 1210. The number of thiophene rings is 1. The minimum absolute atomic E-state index is 0.0206.